The lowest BCUT2D eigenvalue weighted by Crippen LogP contribution is -2.06. The van der Waals surface area contributed by atoms with Crippen LogP contribution in [0.4, 0.5) is 11.4 Å². The van der Waals surface area contributed by atoms with Crippen LogP contribution in [0, 0.1) is 11.3 Å². The molecule has 0 aromatic heterocycles. The van der Waals surface area contributed by atoms with E-state index < -0.39 is 0 Å². The molecule has 0 spiro atoms. The quantitative estimate of drug-likeness (QED) is 0.817. The van der Waals surface area contributed by atoms with Crippen molar-refractivity contribution in [2.45, 2.75) is 6.42 Å². The third kappa shape index (κ3) is 3.21. The summed E-state index contributed by atoms with van der Waals surface area (Å²) in [4.78, 5) is 0. The van der Waals surface area contributed by atoms with E-state index in [9.17, 15) is 0 Å². The summed E-state index contributed by atoms with van der Waals surface area (Å²) in [5.74, 6) is 0.897. The highest BCUT2D eigenvalue weighted by molar-refractivity contribution is 5.62. The lowest BCUT2D eigenvalue weighted by molar-refractivity contribution is 0.410. The normalized spacial score (nSPS) is 9.80. The van der Waals surface area contributed by atoms with Gasteiger partial charge in [-0.3, -0.25) is 0 Å². The molecule has 0 aliphatic rings. The van der Waals surface area contributed by atoms with Crippen LogP contribution in [-0.4, -0.2) is 13.7 Å². The average Bonchev–Trinajstić information content (AvgIpc) is 2.48. The fourth-order valence-corrected chi connectivity index (χ4v) is 2.03. The molecule has 0 atom stereocenters. The van der Waals surface area contributed by atoms with Crippen LogP contribution in [0.5, 0.6) is 5.75 Å². The highest BCUT2D eigenvalue weighted by Gasteiger charge is 2.02. The Morgan fingerprint density at radius 2 is 2.05 bits per heavy atom. The number of anilines is 2. The number of nitrogens with one attached hydrogen (secondary N) is 1. The van der Waals surface area contributed by atoms with Crippen LogP contribution in [0.2, 0.25) is 0 Å². The Bertz CT molecular complexity index is 632. The first kappa shape index (κ1) is 13.8. The minimum absolute atomic E-state index is 0.495. The van der Waals surface area contributed by atoms with E-state index in [1.54, 1.807) is 19.2 Å². The number of rotatable bonds is 5. The number of nitrogens with two attached hydrogens (primary N) is 1. The summed E-state index contributed by atoms with van der Waals surface area (Å²) in [5.41, 5.74) is 8.84. The summed E-state index contributed by atoms with van der Waals surface area (Å²) in [5, 5.41) is 12.1. The van der Waals surface area contributed by atoms with Crippen molar-refractivity contribution >= 4 is 11.4 Å². The fourth-order valence-electron chi connectivity index (χ4n) is 2.03. The van der Waals surface area contributed by atoms with E-state index >= 15 is 0 Å². The zero-order chi connectivity index (χ0) is 14.4. The Balaban J connectivity index is 1.96. The van der Waals surface area contributed by atoms with E-state index in [0.29, 0.717) is 11.3 Å². The van der Waals surface area contributed by atoms with E-state index in [1.165, 1.54) is 0 Å². The molecule has 0 fully saturated rings. The molecular formula is C16H17N3O. The zero-order valence-corrected chi connectivity index (χ0v) is 11.4. The first-order chi connectivity index (χ1) is 9.74. The number of nitriles is 1. The summed E-state index contributed by atoms with van der Waals surface area (Å²) < 4.78 is 5.31. The van der Waals surface area contributed by atoms with Gasteiger partial charge in [-0.2, -0.15) is 5.26 Å². The van der Waals surface area contributed by atoms with Gasteiger partial charge < -0.3 is 15.8 Å². The van der Waals surface area contributed by atoms with Crippen molar-refractivity contribution in [1.82, 2.24) is 0 Å². The van der Waals surface area contributed by atoms with E-state index in [1.807, 2.05) is 30.3 Å². The second-order valence-corrected chi connectivity index (χ2v) is 4.40. The van der Waals surface area contributed by atoms with Crippen molar-refractivity contribution < 1.29 is 4.74 Å². The maximum atomic E-state index is 8.83. The van der Waals surface area contributed by atoms with Crippen molar-refractivity contribution in [1.29, 1.82) is 5.26 Å². The lowest BCUT2D eigenvalue weighted by atomic mass is 10.1. The number of benzene rings is 2. The van der Waals surface area contributed by atoms with Gasteiger partial charge in [0.05, 0.1) is 18.4 Å². The molecule has 0 saturated heterocycles. The standard InChI is InChI=1S/C16H17N3O/c1-20-16-5-3-2-4-12(16)8-9-19-14-7-6-13(11-17)15(18)10-14/h2-7,10,19H,8-9,18H2,1H3. The predicted octanol–water partition coefficient (Wildman–Crippen LogP) is 2.80. The molecule has 2 aromatic rings. The van der Waals surface area contributed by atoms with Gasteiger partial charge in [0.15, 0.2) is 0 Å². The molecule has 2 aromatic carbocycles. The summed E-state index contributed by atoms with van der Waals surface area (Å²) in [7, 11) is 1.67. The van der Waals surface area contributed by atoms with Crippen LogP contribution in [0.3, 0.4) is 0 Å². The summed E-state index contributed by atoms with van der Waals surface area (Å²) >= 11 is 0. The number of nitrogen functional groups attached to an aromatic ring is 1. The van der Waals surface area contributed by atoms with E-state index in [0.717, 1.165) is 30.0 Å². The van der Waals surface area contributed by atoms with Gasteiger partial charge in [0, 0.05) is 12.2 Å². The Kier molecular flexibility index (Phi) is 4.46. The lowest BCUT2D eigenvalue weighted by Gasteiger charge is -2.10. The van der Waals surface area contributed by atoms with Crippen LogP contribution >= 0.6 is 0 Å². The summed E-state index contributed by atoms with van der Waals surface area (Å²) in [6.45, 7) is 0.770. The molecule has 20 heavy (non-hydrogen) atoms. The summed E-state index contributed by atoms with van der Waals surface area (Å²) in [6.07, 6.45) is 0.851. The van der Waals surface area contributed by atoms with Gasteiger partial charge in [-0.15, -0.1) is 0 Å². The van der Waals surface area contributed by atoms with Crippen LogP contribution in [-0.2, 0) is 6.42 Å². The van der Waals surface area contributed by atoms with Gasteiger partial charge in [-0.25, -0.2) is 0 Å². The Morgan fingerprint density at radius 3 is 2.75 bits per heavy atom. The second-order valence-electron chi connectivity index (χ2n) is 4.40. The molecule has 0 bridgehead atoms. The predicted molar refractivity (Wildman–Crippen MR) is 80.8 cm³/mol. The van der Waals surface area contributed by atoms with Crippen LogP contribution in [0.15, 0.2) is 42.5 Å². The molecular weight excluding hydrogens is 250 g/mol. The number of methoxy groups -OCH3 is 1. The molecule has 0 aliphatic carbocycles. The third-order valence-electron chi connectivity index (χ3n) is 3.09. The van der Waals surface area contributed by atoms with Gasteiger partial charge in [-0.05, 0) is 36.2 Å². The molecule has 0 heterocycles. The number of nitrogens with zero attached hydrogens (tertiary/aromatic N) is 1. The monoisotopic (exact) mass is 267 g/mol. The molecule has 0 aliphatic heterocycles. The smallest absolute Gasteiger partial charge is 0.122 e. The van der Waals surface area contributed by atoms with Crippen molar-refractivity contribution in [3.63, 3.8) is 0 Å². The maximum absolute atomic E-state index is 8.83. The Morgan fingerprint density at radius 1 is 1.25 bits per heavy atom. The second kappa shape index (κ2) is 6.48. The van der Waals surface area contributed by atoms with Crippen molar-refractivity contribution in [3.05, 3.63) is 53.6 Å². The van der Waals surface area contributed by atoms with Gasteiger partial charge >= 0.3 is 0 Å². The molecule has 4 heteroatoms. The van der Waals surface area contributed by atoms with Gasteiger partial charge in [-0.1, -0.05) is 18.2 Å². The molecule has 102 valence electrons. The molecule has 4 nitrogen and oxygen atoms in total. The topological polar surface area (TPSA) is 71.1 Å². The van der Waals surface area contributed by atoms with E-state index in [-0.39, 0.29) is 0 Å². The molecule has 0 unspecified atom stereocenters. The van der Waals surface area contributed by atoms with Gasteiger partial charge in [0.25, 0.3) is 0 Å². The van der Waals surface area contributed by atoms with Gasteiger partial charge in [0.1, 0.15) is 11.8 Å². The van der Waals surface area contributed by atoms with Crippen molar-refractivity contribution in [3.8, 4) is 11.8 Å². The maximum Gasteiger partial charge on any atom is 0.122 e. The zero-order valence-electron chi connectivity index (χ0n) is 11.4. The average molecular weight is 267 g/mol. The number of hydrogen-bond acceptors (Lipinski definition) is 4. The summed E-state index contributed by atoms with van der Waals surface area (Å²) in [6, 6.07) is 15.4. The Labute approximate surface area is 118 Å². The molecule has 0 saturated carbocycles. The number of para-hydroxylation sites is 1. The molecule has 0 amide bonds. The fraction of sp³-hybridized carbons (Fsp3) is 0.188. The molecule has 0 radical (unpaired) electrons. The first-order valence-electron chi connectivity index (χ1n) is 6.40. The SMILES string of the molecule is COc1ccccc1CCNc1ccc(C#N)c(N)c1. The van der Waals surface area contributed by atoms with E-state index in [4.69, 9.17) is 15.7 Å². The number of hydrogen-bond donors (Lipinski definition) is 2. The first-order valence-corrected chi connectivity index (χ1v) is 6.40. The van der Waals surface area contributed by atoms with Crippen molar-refractivity contribution in [2.75, 3.05) is 24.7 Å². The minimum Gasteiger partial charge on any atom is -0.496 e. The molecule has 3 N–H and O–H groups in total. The number of ether oxygens (including phenoxy) is 1. The largest absolute Gasteiger partial charge is 0.496 e. The third-order valence-corrected chi connectivity index (χ3v) is 3.09. The highest BCUT2D eigenvalue weighted by atomic mass is 16.5. The van der Waals surface area contributed by atoms with Crippen LogP contribution in [0.25, 0.3) is 0 Å². The van der Waals surface area contributed by atoms with E-state index in [2.05, 4.69) is 11.4 Å². The van der Waals surface area contributed by atoms with Gasteiger partial charge in [0.2, 0.25) is 0 Å². The van der Waals surface area contributed by atoms with Crippen LogP contribution in [0.1, 0.15) is 11.1 Å². The minimum atomic E-state index is 0.495. The van der Waals surface area contributed by atoms with Crippen LogP contribution < -0.4 is 15.8 Å². The highest BCUT2D eigenvalue weighted by Crippen LogP contribution is 2.19. The molecule has 2 rings (SSSR count). The Hall–Kier alpha value is -2.67. The van der Waals surface area contributed by atoms with Crippen molar-refractivity contribution in [2.24, 2.45) is 0 Å².